The molecule has 0 aromatic heterocycles. The van der Waals surface area contributed by atoms with Crippen LogP contribution in [-0.4, -0.2) is 32.8 Å². The highest BCUT2D eigenvalue weighted by atomic mass is 35.5. The Morgan fingerprint density at radius 2 is 1.77 bits per heavy atom. The van der Waals surface area contributed by atoms with Gasteiger partial charge in [-0.1, -0.05) is 29.8 Å². The number of anilines is 1. The molecule has 116 valence electrons. The maximum absolute atomic E-state index is 11.8. The molecule has 0 radical (unpaired) electrons. The predicted octanol–water partition coefficient (Wildman–Crippen LogP) is 3.10. The smallest absolute Gasteiger partial charge is 0.336 e. The lowest BCUT2D eigenvalue weighted by molar-refractivity contribution is 0.0697. The molecule has 1 N–H and O–H groups in total. The lowest BCUT2D eigenvalue weighted by Gasteiger charge is -2.21. The van der Waals surface area contributed by atoms with Gasteiger partial charge in [-0.15, -0.1) is 0 Å². The Morgan fingerprint density at radius 1 is 1.14 bits per heavy atom. The van der Waals surface area contributed by atoms with Crippen LogP contribution in [0, 0.1) is 0 Å². The number of aromatic carboxylic acids is 1. The molecule has 2 aromatic rings. The highest BCUT2D eigenvalue weighted by molar-refractivity contribution is 7.92. The molecule has 22 heavy (non-hydrogen) atoms. The van der Waals surface area contributed by atoms with E-state index >= 15 is 0 Å². The van der Waals surface area contributed by atoms with Crippen molar-refractivity contribution in [3.05, 3.63) is 53.1 Å². The van der Waals surface area contributed by atoms with E-state index in [1.54, 1.807) is 36.4 Å². The van der Waals surface area contributed by atoms with Crippen molar-refractivity contribution >= 4 is 33.3 Å². The topological polar surface area (TPSA) is 74.7 Å². The van der Waals surface area contributed by atoms with Crippen molar-refractivity contribution in [1.29, 1.82) is 0 Å². The molecule has 2 aromatic carbocycles. The third-order valence-corrected chi connectivity index (χ3v) is 4.67. The van der Waals surface area contributed by atoms with Crippen molar-refractivity contribution in [3.8, 4) is 11.1 Å². The first-order valence-corrected chi connectivity index (χ1v) is 8.50. The third kappa shape index (κ3) is 3.23. The molecule has 0 bridgehead atoms. The van der Waals surface area contributed by atoms with Crippen LogP contribution < -0.4 is 4.31 Å². The Labute approximate surface area is 133 Å². The van der Waals surface area contributed by atoms with E-state index in [9.17, 15) is 18.3 Å². The van der Waals surface area contributed by atoms with Crippen molar-refractivity contribution in [3.63, 3.8) is 0 Å². The Balaban J connectivity index is 2.76. The lowest BCUT2D eigenvalue weighted by atomic mass is 9.98. The molecule has 0 heterocycles. The molecule has 0 aliphatic carbocycles. The number of carboxylic acids is 1. The Kier molecular flexibility index (Phi) is 4.44. The number of sulfonamides is 1. The van der Waals surface area contributed by atoms with Crippen molar-refractivity contribution < 1.29 is 18.3 Å². The Morgan fingerprint density at radius 3 is 2.36 bits per heavy atom. The van der Waals surface area contributed by atoms with Gasteiger partial charge < -0.3 is 5.11 Å². The first-order chi connectivity index (χ1) is 10.2. The van der Waals surface area contributed by atoms with E-state index < -0.39 is 16.0 Å². The fraction of sp³-hybridized carbons (Fsp3) is 0.133. The largest absolute Gasteiger partial charge is 0.478 e. The lowest BCUT2D eigenvalue weighted by Crippen LogP contribution is -2.25. The van der Waals surface area contributed by atoms with Crippen molar-refractivity contribution in [2.24, 2.45) is 0 Å². The first-order valence-electron chi connectivity index (χ1n) is 6.28. The molecule has 0 fully saturated rings. The van der Waals surface area contributed by atoms with E-state index in [4.69, 9.17) is 11.6 Å². The highest BCUT2D eigenvalue weighted by Crippen LogP contribution is 2.35. The molecule has 0 aliphatic rings. The molecule has 0 spiro atoms. The van der Waals surface area contributed by atoms with Gasteiger partial charge in [-0.2, -0.15) is 0 Å². The number of carboxylic acid groups (broad SMARTS) is 1. The number of hydrogen-bond donors (Lipinski definition) is 1. The van der Waals surface area contributed by atoms with E-state index in [1.165, 1.54) is 13.1 Å². The van der Waals surface area contributed by atoms with Gasteiger partial charge in [0.2, 0.25) is 10.0 Å². The minimum absolute atomic E-state index is 0.0768. The van der Waals surface area contributed by atoms with Crippen LogP contribution in [-0.2, 0) is 10.0 Å². The van der Waals surface area contributed by atoms with Gasteiger partial charge in [-0.05, 0) is 29.8 Å². The summed E-state index contributed by atoms with van der Waals surface area (Å²) >= 11 is 6.00. The number of hydrogen-bond acceptors (Lipinski definition) is 3. The second-order valence-corrected chi connectivity index (χ2v) is 7.19. The fourth-order valence-corrected chi connectivity index (χ4v) is 2.77. The average Bonchev–Trinajstić information content (AvgIpc) is 2.45. The standard InChI is InChI=1S/C15H14ClNO4S/c1-17(22(2,20)21)14-8-7-10(16)9-13(14)11-5-3-4-6-12(11)15(18)19/h3-9H,1-2H3,(H,18,19). The fourth-order valence-electron chi connectivity index (χ4n) is 2.08. The number of carbonyl (C=O) groups is 1. The zero-order valence-electron chi connectivity index (χ0n) is 11.9. The molecule has 2 rings (SSSR count). The summed E-state index contributed by atoms with van der Waals surface area (Å²) < 4.78 is 24.7. The minimum Gasteiger partial charge on any atom is -0.478 e. The molecular formula is C15H14ClNO4S. The monoisotopic (exact) mass is 339 g/mol. The first kappa shape index (κ1) is 16.3. The summed E-state index contributed by atoms with van der Waals surface area (Å²) in [6.07, 6.45) is 1.08. The summed E-state index contributed by atoms with van der Waals surface area (Å²) in [7, 11) is -2.08. The summed E-state index contributed by atoms with van der Waals surface area (Å²) in [4.78, 5) is 11.4. The summed E-state index contributed by atoms with van der Waals surface area (Å²) in [5, 5.41) is 9.71. The highest BCUT2D eigenvalue weighted by Gasteiger charge is 2.20. The summed E-state index contributed by atoms with van der Waals surface area (Å²) in [5.41, 5.74) is 1.29. The number of benzene rings is 2. The maximum atomic E-state index is 11.8. The number of nitrogens with zero attached hydrogens (tertiary/aromatic N) is 1. The van der Waals surface area contributed by atoms with Gasteiger partial charge in [0.1, 0.15) is 0 Å². The number of rotatable bonds is 4. The molecule has 0 aliphatic heterocycles. The van der Waals surface area contributed by atoms with E-state index in [0.29, 0.717) is 21.8 Å². The van der Waals surface area contributed by atoms with E-state index in [0.717, 1.165) is 10.6 Å². The van der Waals surface area contributed by atoms with Crippen LogP contribution in [0.5, 0.6) is 0 Å². The molecule has 0 unspecified atom stereocenters. The van der Waals surface area contributed by atoms with Gasteiger partial charge in [0, 0.05) is 17.6 Å². The second kappa shape index (κ2) is 5.98. The van der Waals surface area contributed by atoms with Crippen molar-refractivity contribution in [2.75, 3.05) is 17.6 Å². The Bertz CT molecular complexity index is 833. The van der Waals surface area contributed by atoms with E-state index in [2.05, 4.69) is 0 Å². The Hall–Kier alpha value is -2.05. The third-order valence-electron chi connectivity index (χ3n) is 3.24. The second-order valence-electron chi connectivity index (χ2n) is 4.74. The van der Waals surface area contributed by atoms with Crippen LogP contribution >= 0.6 is 11.6 Å². The summed E-state index contributed by atoms with van der Waals surface area (Å²) in [6, 6.07) is 11.0. The zero-order chi connectivity index (χ0) is 16.5. The number of halogens is 1. The maximum Gasteiger partial charge on any atom is 0.336 e. The van der Waals surface area contributed by atoms with Gasteiger partial charge in [0.15, 0.2) is 0 Å². The van der Waals surface area contributed by atoms with Gasteiger partial charge in [-0.3, -0.25) is 4.31 Å². The SMILES string of the molecule is CN(c1ccc(Cl)cc1-c1ccccc1C(=O)O)S(C)(=O)=O. The van der Waals surface area contributed by atoms with Crippen LogP contribution in [0.4, 0.5) is 5.69 Å². The molecular weight excluding hydrogens is 326 g/mol. The molecule has 0 atom stereocenters. The molecule has 0 amide bonds. The van der Waals surface area contributed by atoms with Crippen LogP contribution in [0.2, 0.25) is 5.02 Å². The average molecular weight is 340 g/mol. The summed E-state index contributed by atoms with van der Waals surface area (Å²) in [6.45, 7) is 0. The van der Waals surface area contributed by atoms with Crippen LogP contribution in [0.3, 0.4) is 0 Å². The van der Waals surface area contributed by atoms with Crippen LogP contribution in [0.15, 0.2) is 42.5 Å². The predicted molar refractivity (Wildman–Crippen MR) is 87.1 cm³/mol. The summed E-state index contributed by atoms with van der Waals surface area (Å²) in [5.74, 6) is -1.09. The van der Waals surface area contributed by atoms with Gasteiger partial charge in [-0.25, -0.2) is 13.2 Å². The molecule has 0 saturated heterocycles. The van der Waals surface area contributed by atoms with Crippen molar-refractivity contribution in [1.82, 2.24) is 0 Å². The normalized spacial score (nSPS) is 11.2. The minimum atomic E-state index is -3.49. The van der Waals surface area contributed by atoms with E-state index in [1.807, 2.05) is 0 Å². The van der Waals surface area contributed by atoms with Gasteiger partial charge >= 0.3 is 5.97 Å². The van der Waals surface area contributed by atoms with Gasteiger partial charge in [0.05, 0.1) is 17.5 Å². The van der Waals surface area contributed by atoms with E-state index in [-0.39, 0.29) is 5.56 Å². The van der Waals surface area contributed by atoms with Crippen molar-refractivity contribution in [2.45, 2.75) is 0 Å². The van der Waals surface area contributed by atoms with Crippen LogP contribution in [0.1, 0.15) is 10.4 Å². The van der Waals surface area contributed by atoms with Gasteiger partial charge in [0.25, 0.3) is 0 Å². The zero-order valence-corrected chi connectivity index (χ0v) is 13.5. The molecule has 7 heteroatoms. The molecule has 0 saturated carbocycles. The quantitative estimate of drug-likeness (QED) is 0.928. The molecule has 5 nitrogen and oxygen atoms in total. The van der Waals surface area contributed by atoms with Crippen LogP contribution in [0.25, 0.3) is 11.1 Å².